The molecule has 1 heterocycles. The molecule has 7 nitrogen and oxygen atoms in total. The molecule has 0 saturated carbocycles. The number of aryl methyl sites for hydroxylation is 1. The molecule has 0 unspecified atom stereocenters. The molecule has 0 aliphatic carbocycles. The molecule has 0 aliphatic heterocycles. The van der Waals surface area contributed by atoms with Gasteiger partial charge in [0.25, 0.3) is 5.91 Å². The van der Waals surface area contributed by atoms with Gasteiger partial charge in [-0.25, -0.2) is 13.9 Å². The SMILES string of the molecule is CCCC[C@H](NC(=O)c1nn(-c2ccccc2F)c(C)cc1=O)C(=O)O. The number of amides is 1. The molecule has 2 aromatic rings. The standard InChI is InChI=1S/C18H20FN3O4/c1-3-4-8-13(18(25)26)20-17(24)16-15(23)10-11(2)22(21-16)14-9-6-5-7-12(14)19/h5-7,9-10,13H,3-4,8H2,1-2H3,(H,20,24)(H,25,26)/t13-/m0/s1. The Balaban J connectivity index is 2.39. The van der Waals surface area contributed by atoms with Crippen LogP contribution in [0.2, 0.25) is 0 Å². The summed E-state index contributed by atoms with van der Waals surface area (Å²) in [6, 6.07) is 5.85. The molecule has 0 bridgehead atoms. The van der Waals surface area contributed by atoms with E-state index in [1.807, 2.05) is 6.92 Å². The molecule has 0 radical (unpaired) electrons. The molecular weight excluding hydrogens is 341 g/mol. The Bertz CT molecular complexity index is 879. The molecule has 0 saturated heterocycles. The van der Waals surface area contributed by atoms with E-state index in [9.17, 15) is 23.9 Å². The second-order valence-electron chi connectivity index (χ2n) is 5.87. The molecule has 2 N–H and O–H groups in total. The average Bonchev–Trinajstić information content (AvgIpc) is 2.59. The minimum atomic E-state index is -1.19. The molecule has 138 valence electrons. The third-order valence-corrected chi connectivity index (χ3v) is 3.85. The van der Waals surface area contributed by atoms with Gasteiger partial charge in [-0.1, -0.05) is 31.9 Å². The Morgan fingerprint density at radius 3 is 2.65 bits per heavy atom. The maximum absolute atomic E-state index is 14.0. The lowest BCUT2D eigenvalue weighted by molar-refractivity contribution is -0.139. The fourth-order valence-electron chi connectivity index (χ4n) is 2.46. The average molecular weight is 361 g/mol. The number of hydrogen-bond donors (Lipinski definition) is 2. The fraction of sp³-hybridized carbons (Fsp3) is 0.333. The molecule has 0 fully saturated rings. The molecule has 2 rings (SSSR count). The van der Waals surface area contributed by atoms with Crippen LogP contribution in [0.25, 0.3) is 5.69 Å². The number of aliphatic carboxylic acids is 1. The predicted octanol–water partition coefficient (Wildman–Crippen LogP) is 2.05. The van der Waals surface area contributed by atoms with E-state index < -0.39 is 34.9 Å². The summed E-state index contributed by atoms with van der Waals surface area (Å²) in [7, 11) is 0. The molecule has 1 amide bonds. The normalized spacial score (nSPS) is 11.8. The van der Waals surface area contributed by atoms with Crippen LogP contribution in [0.4, 0.5) is 4.39 Å². The van der Waals surface area contributed by atoms with Gasteiger partial charge in [-0.15, -0.1) is 0 Å². The first kappa shape index (κ1) is 19.3. The van der Waals surface area contributed by atoms with Gasteiger partial charge in [0.1, 0.15) is 17.5 Å². The van der Waals surface area contributed by atoms with E-state index in [0.29, 0.717) is 12.1 Å². The van der Waals surface area contributed by atoms with Crippen molar-refractivity contribution in [3.8, 4) is 5.69 Å². The molecule has 26 heavy (non-hydrogen) atoms. The van der Waals surface area contributed by atoms with E-state index in [1.165, 1.54) is 18.2 Å². The smallest absolute Gasteiger partial charge is 0.326 e. The van der Waals surface area contributed by atoms with Gasteiger partial charge in [-0.05, 0) is 25.5 Å². The highest BCUT2D eigenvalue weighted by Gasteiger charge is 2.23. The Labute approximate surface area is 149 Å². The van der Waals surface area contributed by atoms with Crippen LogP contribution in [0, 0.1) is 12.7 Å². The molecular formula is C18H20FN3O4. The van der Waals surface area contributed by atoms with Crippen molar-refractivity contribution in [1.29, 1.82) is 0 Å². The maximum atomic E-state index is 14.0. The lowest BCUT2D eigenvalue weighted by Crippen LogP contribution is -2.43. The Hall–Kier alpha value is -3.03. The number of hydrogen-bond acceptors (Lipinski definition) is 4. The summed E-state index contributed by atoms with van der Waals surface area (Å²) < 4.78 is 15.2. The summed E-state index contributed by atoms with van der Waals surface area (Å²) in [5, 5.41) is 15.5. The zero-order valence-corrected chi connectivity index (χ0v) is 14.5. The first-order valence-electron chi connectivity index (χ1n) is 8.24. The van der Waals surface area contributed by atoms with Crippen LogP contribution in [0.5, 0.6) is 0 Å². The quantitative estimate of drug-likeness (QED) is 0.786. The molecule has 1 atom stereocenters. The molecule has 0 spiro atoms. The number of unbranched alkanes of at least 4 members (excludes halogenated alkanes) is 1. The summed E-state index contributed by atoms with van der Waals surface area (Å²) >= 11 is 0. The molecule has 1 aromatic heterocycles. The first-order chi connectivity index (χ1) is 12.3. The van der Waals surface area contributed by atoms with Crippen molar-refractivity contribution < 1.29 is 19.1 Å². The van der Waals surface area contributed by atoms with E-state index >= 15 is 0 Å². The van der Waals surface area contributed by atoms with Crippen molar-refractivity contribution in [3.63, 3.8) is 0 Å². The number of benzene rings is 1. The molecule has 0 aliphatic rings. The Morgan fingerprint density at radius 1 is 1.35 bits per heavy atom. The third-order valence-electron chi connectivity index (χ3n) is 3.85. The van der Waals surface area contributed by atoms with Gasteiger partial charge >= 0.3 is 5.97 Å². The van der Waals surface area contributed by atoms with E-state index in [-0.39, 0.29) is 12.1 Å². The van der Waals surface area contributed by atoms with Crippen LogP contribution >= 0.6 is 0 Å². The van der Waals surface area contributed by atoms with Gasteiger partial charge in [0.2, 0.25) is 5.43 Å². The number of carbonyl (C=O) groups is 2. The van der Waals surface area contributed by atoms with E-state index in [1.54, 1.807) is 13.0 Å². The highest BCUT2D eigenvalue weighted by atomic mass is 19.1. The highest BCUT2D eigenvalue weighted by molar-refractivity contribution is 5.94. The van der Waals surface area contributed by atoms with Crippen LogP contribution in [0.1, 0.15) is 42.4 Å². The van der Waals surface area contributed by atoms with Gasteiger partial charge in [0.05, 0.1) is 0 Å². The molecule has 8 heteroatoms. The first-order valence-corrected chi connectivity index (χ1v) is 8.24. The summed E-state index contributed by atoms with van der Waals surface area (Å²) in [5.74, 6) is -2.65. The number of carboxylic acids is 1. The number of halogens is 1. The van der Waals surface area contributed by atoms with Crippen molar-refractivity contribution in [2.45, 2.75) is 39.2 Å². The fourth-order valence-corrected chi connectivity index (χ4v) is 2.46. The summed E-state index contributed by atoms with van der Waals surface area (Å²) in [4.78, 5) is 35.8. The lowest BCUT2D eigenvalue weighted by atomic mass is 10.1. The van der Waals surface area contributed by atoms with Crippen LogP contribution < -0.4 is 10.7 Å². The van der Waals surface area contributed by atoms with E-state index in [0.717, 1.165) is 17.2 Å². The predicted molar refractivity (Wildman–Crippen MR) is 92.9 cm³/mol. The van der Waals surface area contributed by atoms with Gasteiger partial charge in [0, 0.05) is 11.8 Å². The van der Waals surface area contributed by atoms with Gasteiger partial charge < -0.3 is 10.4 Å². The number of carbonyl (C=O) groups excluding carboxylic acids is 1. The third kappa shape index (κ3) is 4.33. The summed E-state index contributed by atoms with van der Waals surface area (Å²) in [6.45, 7) is 3.46. The molecule has 1 aromatic carbocycles. The second kappa shape index (κ2) is 8.37. The number of rotatable bonds is 7. The summed E-state index contributed by atoms with van der Waals surface area (Å²) in [6.07, 6.45) is 1.62. The number of carboxylic acid groups (broad SMARTS) is 1. The van der Waals surface area contributed by atoms with Crippen molar-refractivity contribution in [2.24, 2.45) is 0 Å². The topological polar surface area (TPSA) is 101 Å². The van der Waals surface area contributed by atoms with Crippen molar-refractivity contribution >= 4 is 11.9 Å². The van der Waals surface area contributed by atoms with Crippen molar-refractivity contribution in [3.05, 3.63) is 57.8 Å². The van der Waals surface area contributed by atoms with Gasteiger partial charge in [0.15, 0.2) is 5.69 Å². The zero-order valence-electron chi connectivity index (χ0n) is 14.5. The van der Waals surface area contributed by atoms with Crippen LogP contribution in [0.3, 0.4) is 0 Å². The zero-order chi connectivity index (χ0) is 19.3. The largest absolute Gasteiger partial charge is 0.480 e. The second-order valence-corrected chi connectivity index (χ2v) is 5.87. The van der Waals surface area contributed by atoms with Crippen LogP contribution in [-0.4, -0.2) is 32.8 Å². The van der Waals surface area contributed by atoms with Crippen molar-refractivity contribution in [1.82, 2.24) is 15.1 Å². The van der Waals surface area contributed by atoms with E-state index in [4.69, 9.17) is 0 Å². The minimum Gasteiger partial charge on any atom is -0.480 e. The van der Waals surface area contributed by atoms with Gasteiger partial charge in [-0.3, -0.25) is 9.59 Å². The Morgan fingerprint density at radius 2 is 2.04 bits per heavy atom. The maximum Gasteiger partial charge on any atom is 0.326 e. The van der Waals surface area contributed by atoms with Gasteiger partial charge in [-0.2, -0.15) is 5.10 Å². The number of aromatic nitrogens is 2. The number of para-hydroxylation sites is 1. The monoisotopic (exact) mass is 361 g/mol. The van der Waals surface area contributed by atoms with Crippen LogP contribution in [-0.2, 0) is 4.79 Å². The van der Waals surface area contributed by atoms with Crippen LogP contribution in [0.15, 0.2) is 35.1 Å². The summed E-state index contributed by atoms with van der Waals surface area (Å²) in [5.41, 5.74) is -0.717. The number of nitrogens with zero attached hydrogens (tertiary/aromatic N) is 2. The lowest BCUT2D eigenvalue weighted by Gasteiger charge is -2.15. The Kier molecular flexibility index (Phi) is 6.21. The number of nitrogens with one attached hydrogen (secondary N) is 1. The van der Waals surface area contributed by atoms with E-state index in [2.05, 4.69) is 10.4 Å². The minimum absolute atomic E-state index is 0.0832. The highest BCUT2D eigenvalue weighted by Crippen LogP contribution is 2.13. The van der Waals surface area contributed by atoms with Crippen molar-refractivity contribution in [2.75, 3.05) is 0 Å².